The summed E-state index contributed by atoms with van der Waals surface area (Å²) in [6, 6.07) is 2.79. The molecule has 0 saturated carbocycles. The van der Waals surface area contributed by atoms with E-state index in [4.69, 9.17) is 0 Å². The summed E-state index contributed by atoms with van der Waals surface area (Å²) in [5.74, 6) is -9.81. The molecule has 4 rings (SSSR count). The van der Waals surface area contributed by atoms with Crippen LogP contribution in [0.4, 0.5) is 42.2 Å². The number of carbonyl (C=O) groups is 1. The maximum Gasteiger partial charge on any atom is 0.453 e. The number of halogens is 7. The second kappa shape index (κ2) is 8.32. The predicted octanol–water partition coefficient (Wildman–Crippen LogP) is 2.45. The molecule has 1 aliphatic rings. The SMILES string of the molecule is O=C(NNc1c(F)c(F)nc(F)c1F)C1CCN(c2ccc3nnc(C(F)(F)F)n3n2)CC1. The van der Waals surface area contributed by atoms with Crippen LogP contribution in [-0.2, 0) is 11.0 Å². The third-order valence-corrected chi connectivity index (χ3v) is 5.00. The molecule has 3 aromatic heterocycles. The number of amides is 1. The lowest BCUT2D eigenvalue weighted by Crippen LogP contribution is -2.43. The zero-order valence-corrected chi connectivity index (χ0v) is 16.3. The number of alkyl halides is 3. The minimum atomic E-state index is -4.75. The summed E-state index contributed by atoms with van der Waals surface area (Å²) in [5, 5.41) is 10.5. The first-order chi connectivity index (χ1) is 15.6. The molecular formula is C17H13F7N8O. The smallest absolute Gasteiger partial charge is 0.355 e. The molecule has 0 unspecified atom stereocenters. The molecule has 4 heterocycles. The van der Waals surface area contributed by atoms with Gasteiger partial charge in [-0.05, 0) is 25.0 Å². The number of pyridine rings is 1. The summed E-state index contributed by atoms with van der Waals surface area (Å²) >= 11 is 0. The van der Waals surface area contributed by atoms with Gasteiger partial charge in [0.1, 0.15) is 11.5 Å². The Morgan fingerprint density at radius 1 is 1.00 bits per heavy atom. The fourth-order valence-corrected chi connectivity index (χ4v) is 3.32. The van der Waals surface area contributed by atoms with Crippen molar-refractivity contribution in [1.82, 2.24) is 30.2 Å². The highest BCUT2D eigenvalue weighted by Gasteiger charge is 2.38. The van der Waals surface area contributed by atoms with Crippen LogP contribution in [0.3, 0.4) is 0 Å². The molecule has 1 aliphatic heterocycles. The minimum absolute atomic E-state index is 0.0881. The van der Waals surface area contributed by atoms with E-state index in [2.05, 4.69) is 20.3 Å². The Kier molecular flexibility index (Phi) is 5.67. The maximum atomic E-state index is 13.6. The molecule has 0 atom stereocenters. The lowest BCUT2D eigenvalue weighted by molar-refractivity contribution is -0.146. The third-order valence-electron chi connectivity index (χ3n) is 5.00. The van der Waals surface area contributed by atoms with Gasteiger partial charge in [-0.25, -0.2) is 0 Å². The van der Waals surface area contributed by atoms with Crippen LogP contribution in [0.15, 0.2) is 12.1 Å². The average Bonchev–Trinajstić information content (AvgIpc) is 3.21. The van der Waals surface area contributed by atoms with Crippen LogP contribution in [0.1, 0.15) is 18.7 Å². The van der Waals surface area contributed by atoms with E-state index in [9.17, 15) is 35.5 Å². The molecule has 176 valence electrons. The fourth-order valence-electron chi connectivity index (χ4n) is 3.32. The number of hydrazine groups is 1. The standard InChI is InChI=1S/C17H13F7N8O/c18-10-12(11(19)14(21)25-13(10)20)27-28-15(33)7-3-5-31(6-4-7)9-2-1-8-26-29-16(17(22,23)24)32(8)30-9/h1-2,7H,3-6H2,(H,25,27)(H,28,33). The third kappa shape index (κ3) is 4.31. The summed E-state index contributed by atoms with van der Waals surface area (Å²) in [5.41, 5.74) is 2.49. The van der Waals surface area contributed by atoms with E-state index in [1.54, 1.807) is 4.90 Å². The summed E-state index contributed by atoms with van der Waals surface area (Å²) in [4.78, 5) is 16.3. The highest BCUT2D eigenvalue weighted by Crippen LogP contribution is 2.29. The Morgan fingerprint density at radius 3 is 2.24 bits per heavy atom. The minimum Gasteiger partial charge on any atom is -0.355 e. The molecule has 1 fully saturated rings. The first-order valence-corrected chi connectivity index (χ1v) is 9.36. The quantitative estimate of drug-likeness (QED) is 0.338. The van der Waals surface area contributed by atoms with Gasteiger partial charge in [0, 0.05) is 19.0 Å². The number of rotatable bonds is 4. The van der Waals surface area contributed by atoms with E-state index in [0.717, 1.165) is 0 Å². The lowest BCUT2D eigenvalue weighted by Gasteiger charge is -2.32. The molecule has 9 nitrogen and oxygen atoms in total. The number of hydrogen-bond acceptors (Lipinski definition) is 7. The second-order valence-electron chi connectivity index (χ2n) is 7.05. The number of aromatic nitrogens is 5. The number of nitrogens with one attached hydrogen (secondary N) is 2. The van der Waals surface area contributed by atoms with E-state index in [1.165, 1.54) is 12.1 Å². The van der Waals surface area contributed by atoms with Gasteiger partial charge in [0.25, 0.3) is 17.7 Å². The van der Waals surface area contributed by atoms with Gasteiger partial charge in [-0.15, -0.1) is 15.3 Å². The van der Waals surface area contributed by atoms with Gasteiger partial charge in [-0.1, -0.05) is 0 Å². The molecule has 1 amide bonds. The van der Waals surface area contributed by atoms with Gasteiger partial charge < -0.3 is 4.90 Å². The van der Waals surface area contributed by atoms with Crippen LogP contribution >= 0.6 is 0 Å². The highest BCUT2D eigenvalue weighted by molar-refractivity contribution is 5.80. The van der Waals surface area contributed by atoms with Crippen molar-refractivity contribution in [1.29, 1.82) is 0 Å². The molecule has 2 N–H and O–H groups in total. The van der Waals surface area contributed by atoms with Crippen molar-refractivity contribution in [2.75, 3.05) is 23.4 Å². The molecule has 1 saturated heterocycles. The number of carbonyl (C=O) groups excluding carboxylic acids is 1. The van der Waals surface area contributed by atoms with Crippen LogP contribution in [0.25, 0.3) is 5.65 Å². The van der Waals surface area contributed by atoms with Crippen molar-refractivity contribution in [3.05, 3.63) is 41.5 Å². The summed E-state index contributed by atoms with van der Waals surface area (Å²) in [6.07, 6.45) is -4.32. The van der Waals surface area contributed by atoms with Gasteiger partial charge in [-0.2, -0.15) is 40.2 Å². The maximum absolute atomic E-state index is 13.6. The molecule has 33 heavy (non-hydrogen) atoms. The highest BCUT2D eigenvalue weighted by atomic mass is 19.4. The number of anilines is 2. The Morgan fingerprint density at radius 2 is 1.64 bits per heavy atom. The first-order valence-electron chi connectivity index (χ1n) is 9.36. The van der Waals surface area contributed by atoms with Crippen LogP contribution < -0.4 is 15.8 Å². The van der Waals surface area contributed by atoms with E-state index in [-0.39, 0.29) is 37.4 Å². The molecule has 0 radical (unpaired) electrons. The summed E-state index contributed by atoms with van der Waals surface area (Å²) in [7, 11) is 0. The second-order valence-corrected chi connectivity index (χ2v) is 7.05. The van der Waals surface area contributed by atoms with Crippen molar-refractivity contribution in [3.63, 3.8) is 0 Å². The molecular weight excluding hydrogens is 465 g/mol. The number of piperidine rings is 1. The predicted molar refractivity (Wildman–Crippen MR) is 96.6 cm³/mol. The van der Waals surface area contributed by atoms with Crippen LogP contribution in [0.5, 0.6) is 0 Å². The van der Waals surface area contributed by atoms with Crippen molar-refractivity contribution < 1.29 is 35.5 Å². The van der Waals surface area contributed by atoms with Crippen LogP contribution in [-0.4, -0.2) is 43.8 Å². The van der Waals surface area contributed by atoms with Gasteiger partial charge in [0.15, 0.2) is 5.65 Å². The molecule has 3 aromatic rings. The Balaban J connectivity index is 1.40. The fraction of sp³-hybridized carbons (Fsp3) is 0.353. The first kappa shape index (κ1) is 22.5. The Labute approximate surface area is 179 Å². The molecule has 0 aromatic carbocycles. The molecule has 0 aliphatic carbocycles. The van der Waals surface area contributed by atoms with E-state index in [0.29, 0.717) is 4.52 Å². The van der Waals surface area contributed by atoms with Gasteiger partial charge in [0.05, 0.1) is 0 Å². The summed E-state index contributed by atoms with van der Waals surface area (Å²) in [6.45, 7) is 0.447. The zero-order valence-electron chi connectivity index (χ0n) is 16.3. The van der Waals surface area contributed by atoms with E-state index >= 15 is 0 Å². The Hall–Kier alpha value is -3.72. The van der Waals surface area contributed by atoms with Crippen LogP contribution in [0, 0.1) is 29.4 Å². The zero-order chi connectivity index (χ0) is 23.9. The normalized spacial score (nSPS) is 15.2. The van der Waals surface area contributed by atoms with Gasteiger partial charge in [-0.3, -0.25) is 15.6 Å². The van der Waals surface area contributed by atoms with Gasteiger partial charge in [0.2, 0.25) is 17.5 Å². The lowest BCUT2D eigenvalue weighted by atomic mass is 9.96. The van der Waals surface area contributed by atoms with Crippen molar-refractivity contribution in [2.24, 2.45) is 5.92 Å². The van der Waals surface area contributed by atoms with Gasteiger partial charge >= 0.3 is 6.18 Å². The summed E-state index contributed by atoms with van der Waals surface area (Å²) < 4.78 is 93.2. The number of fused-ring (bicyclic) bond motifs is 1. The topological polar surface area (TPSA) is 100 Å². The van der Waals surface area contributed by atoms with E-state index in [1.807, 2.05) is 10.9 Å². The van der Waals surface area contributed by atoms with Crippen molar-refractivity contribution >= 4 is 23.1 Å². The molecule has 0 bridgehead atoms. The van der Waals surface area contributed by atoms with Crippen molar-refractivity contribution in [3.8, 4) is 0 Å². The largest absolute Gasteiger partial charge is 0.453 e. The Bertz CT molecular complexity index is 1180. The number of hydrogen-bond donors (Lipinski definition) is 2. The van der Waals surface area contributed by atoms with Crippen molar-refractivity contribution in [2.45, 2.75) is 19.0 Å². The number of nitrogens with zero attached hydrogens (tertiary/aromatic N) is 6. The van der Waals surface area contributed by atoms with Crippen LogP contribution in [0.2, 0.25) is 0 Å². The molecule has 0 spiro atoms. The average molecular weight is 478 g/mol. The van der Waals surface area contributed by atoms with E-state index < -0.39 is 53.0 Å². The monoisotopic (exact) mass is 478 g/mol. The molecule has 16 heteroatoms.